The zero-order chi connectivity index (χ0) is 11.0. The molecule has 0 radical (unpaired) electrons. The SMILES string of the molecule is CC(CC1CC1)n1cncc1C1CCNC1. The van der Waals surface area contributed by atoms with Crippen molar-refractivity contribution in [1.82, 2.24) is 14.9 Å². The Bertz CT molecular complexity index is 348. The normalized spacial score (nSPS) is 27.2. The smallest absolute Gasteiger partial charge is 0.0950 e. The van der Waals surface area contributed by atoms with E-state index in [-0.39, 0.29) is 0 Å². The van der Waals surface area contributed by atoms with Crippen LogP contribution < -0.4 is 5.32 Å². The van der Waals surface area contributed by atoms with Crippen molar-refractivity contribution in [1.29, 1.82) is 0 Å². The van der Waals surface area contributed by atoms with Crippen LogP contribution in [0.25, 0.3) is 0 Å². The minimum absolute atomic E-state index is 0.630. The van der Waals surface area contributed by atoms with E-state index in [1.807, 2.05) is 6.33 Å². The Morgan fingerprint density at radius 1 is 1.50 bits per heavy atom. The van der Waals surface area contributed by atoms with Crippen molar-refractivity contribution in [3.63, 3.8) is 0 Å². The molecule has 3 rings (SSSR count). The van der Waals surface area contributed by atoms with E-state index in [0.717, 1.165) is 19.0 Å². The molecule has 0 amide bonds. The average molecular weight is 219 g/mol. The number of hydrogen-bond donors (Lipinski definition) is 1. The van der Waals surface area contributed by atoms with Crippen molar-refractivity contribution >= 4 is 0 Å². The predicted octanol–water partition coefficient (Wildman–Crippen LogP) is 2.32. The summed E-state index contributed by atoms with van der Waals surface area (Å²) in [6, 6.07) is 0.630. The van der Waals surface area contributed by atoms with Crippen LogP contribution in [0.4, 0.5) is 0 Å². The fourth-order valence-electron chi connectivity index (χ4n) is 2.86. The number of imidazole rings is 1. The Labute approximate surface area is 97.3 Å². The second-order valence-electron chi connectivity index (χ2n) is 5.44. The van der Waals surface area contributed by atoms with Crippen LogP contribution in [0.2, 0.25) is 0 Å². The van der Waals surface area contributed by atoms with Crippen LogP contribution >= 0.6 is 0 Å². The second kappa shape index (κ2) is 4.21. The molecule has 2 unspecified atom stereocenters. The van der Waals surface area contributed by atoms with E-state index in [0.29, 0.717) is 12.0 Å². The Hall–Kier alpha value is -0.830. The molecule has 1 aromatic heterocycles. The fourth-order valence-corrected chi connectivity index (χ4v) is 2.86. The van der Waals surface area contributed by atoms with Gasteiger partial charge in [0.1, 0.15) is 0 Å². The zero-order valence-corrected chi connectivity index (χ0v) is 10.0. The van der Waals surface area contributed by atoms with Gasteiger partial charge in [0.25, 0.3) is 0 Å². The first-order valence-corrected chi connectivity index (χ1v) is 6.57. The van der Waals surface area contributed by atoms with Crippen molar-refractivity contribution in [2.45, 2.75) is 44.6 Å². The van der Waals surface area contributed by atoms with Crippen LogP contribution in [0, 0.1) is 5.92 Å². The van der Waals surface area contributed by atoms with E-state index in [1.54, 1.807) is 0 Å². The number of rotatable bonds is 4. The average Bonchev–Trinajstić information content (AvgIpc) is 2.84. The lowest BCUT2D eigenvalue weighted by molar-refractivity contribution is 0.454. The molecule has 1 N–H and O–H groups in total. The number of nitrogens with zero attached hydrogens (tertiary/aromatic N) is 2. The second-order valence-corrected chi connectivity index (χ2v) is 5.44. The third-order valence-electron chi connectivity index (χ3n) is 4.02. The van der Waals surface area contributed by atoms with Crippen LogP contribution in [0.3, 0.4) is 0 Å². The summed E-state index contributed by atoms with van der Waals surface area (Å²) in [5.41, 5.74) is 1.44. The van der Waals surface area contributed by atoms with Crippen LogP contribution in [-0.4, -0.2) is 22.6 Å². The summed E-state index contributed by atoms with van der Waals surface area (Å²) < 4.78 is 2.41. The van der Waals surface area contributed by atoms with Gasteiger partial charge in [0.15, 0.2) is 0 Å². The third-order valence-corrected chi connectivity index (χ3v) is 4.02. The number of hydrogen-bond acceptors (Lipinski definition) is 2. The van der Waals surface area contributed by atoms with E-state index in [2.05, 4.69) is 28.0 Å². The molecule has 0 spiro atoms. The van der Waals surface area contributed by atoms with Gasteiger partial charge in [-0.05, 0) is 32.2 Å². The summed E-state index contributed by atoms with van der Waals surface area (Å²) in [4.78, 5) is 4.35. The molecule has 3 heteroatoms. The summed E-state index contributed by atoms with van der Waals surface area (Å²) in [6.07, 6.45) is 9.59. The van der Waals surface area contributed by atoms with E-state index < -0.39 is 0 Å². The van der Waals surface area contributed by atoms with Gasteiger partial charge in [0, 0.05) is 30.4 Å². The summed E-state index contributed by atoms with van der Waals surface area (Å²) >= 11 is 0. The fraction of sp³-hybridized carbons (Fsp3) is 0.769. The van der Waals surface area contributed by atoms with Crippen LogP contribution in [0.5, 0.6) is 0 Å². The molecular weight excluding hydrogens is 198 g/mol. The first-order valence-electron chi connectivity index (χ1n) is 6.57. The molecule has 16 heavy (non-hydrogen) atoms. The lowest BCUT2D eigenvalue weighted by Gasteiger charge is -2.19. The van der Waals surface area contributed by atoms with Crippen molar-refractivity contribution in [2.75, 3.05) is 13.1 Å². The summed E-state index contributed by atoms with van der Waals surface area (Å²) in [7, 11) is 0. The summed E-state index contributed by atoms with van der Waals surface area (Å²) in [5.74, 6) is 1.68. The van der Waals surface area contributed by atoms with Gasteiger partial charge in [-0.15, -0.1) is 0 Å². The molecule has 3 nitrogen and oxygen atoms in total. The Morgan fingerprint density at radius 2 is 2.38 bits per heavy atom. The van der Waals surface area contributed by atoms with E-state index in [9.17, 15) is 0 Å². The number of nitrogens with one attached hydrogen (secondary N) is 1. The van der Waals surface area contributed by atoms with Crippen molar-refractivity contribution in [3.8, 4) is 0 Å². The van der Waals surface area contributed by atoms with Crippen LogP contribution in [0.15, 0.2) is 12.5 Å². The monoisotopic (exact) mass is 219 g/mol. The first-order chi connectivity index (χ1) is 7.84. The molecule has 2 heterocycles. The zero-order valence-electron chi connectivity index (χ0n) is 10.0. The highest BCUT2D eigenvalue weighted by Crippen LogP contribution is 2.37. The number of aromatic nitrogens is 2. The van der Waals surface area contributed by atoms with Crippen molar-refractivity contribution in [3.05, 3.63) is 18.2 Å². The molecule has 88 valence electrons. The molecule has 1 aliphatic heterocycles. The van der Waals surface area contributed by atoms with Crippen molar-refractivity contribution < 1.29 is 0 Å². The van der Waals surface area contributed by atoms with E-state index in [1.165, 1.54) is 31.4 Å². The Morgan fingerprint density at radius 3 is 3.06 bits per heavy atom. The highest BCUT2D eigenvalue weighted by Gasteiger charge is 2.27. The van der Waals surface area contributed by atoms with Crippen LogP contribution in [0.1, 0.15) is 50.3 Å². The topological polar surface area (TPSA) is 29.9 Å². The van der Waals surface area contributed by atoms with Gasteiger partial charge in [0.05, 0.1) is 6.33 Å². The van der Waals surface area contributed by atoms with Gasteiger partial charge in [-0.1, -0.05) is 12.8 Å². The lowest BCUT2D eigenvalue weighted by Crippen LogP contribution is -2.14. The van der Waals surface area contributed by atoms with Crippen LogP contribution in [-0.2, 0) is 0 Å². The molecule has 1 saturated carbocycles. The molecule has 2 aliphatic rings. The van der Waals surface area contributed by atoms with Gasteiger partial charge < -0.3 is 9.88 Å². The maximum Gasteiger partial charge on any atom is 0.0950 e. The molecule has 1 aromatic rings. The molecule has 0 aromatic carbocycles. The van der Waals surface area contributed by atoms with Gasteiger partial charge >= 0.3 is 0 Å². The Balaban J connectivity index is 1.74. The lowest BCUT2D eigenvalue weighted by atomic mass is 10.0. The third kappa shape index (κ3) is 2.01. The molecule has 1 saturated heterocycles. The van der Waals surface area contributed by atoms with Gasteiger partial charge in [-0.25, -0.2) is 4.98 Å². The first kappa shape index (κ1) is 10.3. The predicted molar refractivity (Wildman–Crippen MR) is 64.5 cm³/mol. The minimum Gasteiger partial charge on any atom is -0.331 e. The maximum absolute atomic E-state index is 4.35. The highest BCUT2D eigenvalue weighted by atomic mass is 15.1. The standard InChI is InChI=1S/C13H21N3/c1-10(6-11-2-3-11)16-9-15-8-13(16)12-4-5-14-7-12/h8-12,14H,2-7H2,1H3. The molecule has 0 bridgehead atoms. The highest BCUT2D eigenvalue weighted by molar-refractivity contribution is 5.10. The molecule has 1 aliphatic carbocycles. The van der Waals surface area contributed by atoms with Gasteiger partial charge in [-0.3, -0.25) is 0 Å². The summed E-state index contributed by atoms with van der Waals surface area (Å²) in [6.45, 7) is 4.63. The van der Waals surface area contributed by atoms with E-state index in [4.69, 9.17) is 0 Å². The van der Waals surface area contributed by atoms with E-state index >= 15 is 0 Å². The molecule has 2 atom stereocenters. The van der Waals surface area contributed by atoms with Crippen molar-refractivity contribution in [2.24, 2.45) is 5.92 Å². The van der Waals surface area contributed by atoms with Gasteiger partial charge in [0.2, 0.25) is 0 Å². The quantitative estimate of drug-likeness (QED) is 0.842. The molecular formula is C13H21N3. The maximum atomic E-state index is 4.35. The Kier molecular flexibility index (Phi) is 2.72. The largest absolute Gasteiger partial charge is 0.331 e. The minimum atomic E-state index is 0.630. The summed E-state index contributed by atoms with van der Waals surface area (Å²) in [5, 5.41) is 3.44. The molecule has 2 fully saturated rings. The van der Waals surface area contributed by atoms with Gasteiger partial charge in [-0.2, -0.15) is 0 Å².